The van der Waals surface area contributed by atoms with Crippen molar-refractivity contribution in [3.63, 3.8) is 0 Å². The Hall–Kier alpha value is -2.95. The number of benzene rings is 4. The standard InChI is InChI=1S/C19H13F3N2/c20-19(21,22)17-15-8-13-6-11-4-2-1-3-10(11)5-12(13)7-14(15)9-16(23)18(17)24/h1-9H,23-24H2. The first kappa shape index (κ1) is 14.6. The second-order valence-corrected chi connectivity index (χ2v) is 5.87. The third-order valence-corrected chi connectivity index (χ3v) is 4.32. The van der Waals surface area contributed by atoms with Crippen LogP contribution >= 0.6 is 0 Å². The van der Waals surface area contributed by atoms with Gasteiger partial charge in [0.2, 0.25) is 0 Å². The van der Waals surface area contributed by atoms with E-state index < -0.39 is 17.4 Å². The lowest BCUT2D eigenvalue weighted by molar-refractivity contribution is -0.135. The summed E-state index contributed by atoms with van der Waals surface area (Å²) in [6.45, 7) is 0. The van der Waals surface area contributed by atoms with Crippen molar-refractivity contribution in [2.24, 2.45) is 0 Å². The van der Waals surface area contributed by atoms with Crippen LogP contribution in [0.25, 0.3) is 32.3 Å². The second-order valence-electron chi connectivity index (χ2n) is 5.87. The van der Waals surface area contributed by atoms with Gasteiger partial charge in [0.15, 0.2) is 0 Å². The number of halogens is 3. The highest BCUT2D eigenvalue weighted by Gasteiger charge is 2.36. The summed E-state index contributed by atoms with van der Waals surface area (Å²) in [6, 6.07) is 16.3. The smallest absolute Gasteiger partial charge is 0.397 e. The fourth-order valence-corrected chi connectivity index (χ4v) is 3.19. The maximum absolute atomic E-state index is 13.5. The number of nitrogen functional groups attached to an aromatic ring is 2. The maximum atomic E-state index is 13.5. The molecule has 0 unspecified atom stereocenters. The van der Waals surface area contributed by atoms with Gasteiger partial charge in [0.05, 0.1) is 16.9 Å². The molecule has 120 valence electrons. The highest BCUT2D eigenvalue weighted by molar-refractivity contribution is 6.07. The molecule has 0 spiro atoms. The molecule has 0 aromatic heterocycles. The van der Waals surface area contributed by atoms with E-state index in [4.69, 9.17) is 11.5 Å². The zero-order valence-corrected chi connectivity index (χ0v) is 12.5. The Bertz CT molecular complexity index is 1110. The van der Waals surface area contributed by atoms with Gasteiger partial charge in [-0.1, -0.05) is 24.3 Å². The highest BCUT2D eigenvalue weighted by atomic mass is 19.4. The molecule has 5 heteroatoms. The van der Waals surface area contributed by atoms with Crippen molar-refractivity contribution in [3.8, 4) is 0 Å². The van der Waals surface area contributed by atoms with E-state index in [0.29, 0.717) is 5.39 Å². The van der Waals surface area contributed by atoms with Gasteiger partial charge in [0.25, 0.3) is 0 Å². The molecule has 0 saturated carbocycles. The van der Waals surface area contributed by atoms with Gasteiger partial charge >= 0.3 is 6.18 Å². The Kier molecular flexibility index (Phi) is 2.91. The summed E-state index contributed by atoms with van der Waals surface area (Å²) in [6.07, 6.45) is -4.57. The predicted octanol–water partition coefficient (Wildman–Crippen LogP) is 5.33. The summed E-state index contributed by atoms with van der Waals surface area (Å²) in [7, 11) is 0. The van der Waals surface area contributed by atoms with Crippen LogP contribution in [0.2, 0.25) is 0 Å². The number of anilines is 2. The lowest BCUT2D eigenvalue weighted by atomic mass is 9.95. The lowest BCUT2D eigenvalue weighted by Crippen LogP contribution is -2.11. The van der Waals surface area contributed by atoms with Crippen molar-refractivity contribution in [1.29, 1.82) is 0 Å². The van der Waals surface area contributed by atoms with Crippen molar-refractivity contribution in [2.45, 2.75) is 6.18 Å². The summed E-state index contributed by atoms with van der Waals surface area (Å²) < 4.78 is 40.4. The van der Waals surface area contributed by atoms with Crippen molar-refractivity contribution in [1.82, 2.24) is 0 Å². The minimum atomic E-state index is -4.57. The van der Waals surface area contributed by atoms with Crippen LogP contribution < -0.4 is 11.5 Å². The fraction of sp³-hybridized carbons (Fsp3) is 0.0526. The summed E-state index contributed by atoms with van der Waals surface area (Å²) in [5.74, 6) is 0. The molecule has 0 heterocycles. The summed E-state index contributed by atoms with van der Waals surface area (Å²) in [4.78, 5) is 0. The van der Waals surface area contributed by atoms with Crippen LogP contribution in [0.5, 0.6) is 0 Å². The molecule has 0 amide bonds. The topological polar surface area (TPSA) is 52.0 Å². The molecule has 0 aliphatic rings. The van der Waals surface area contributed by atoms with Crippen LogP contribution in [-0.4, -0.2) is 0 Å². The number of fused-ring (bicyclic) bond motifs is 3. The molecular weight excluding hydrogens is 313 g/mol. The number of hydrogen-bond acceptors (Lipinski definition) is 2. The second kappa shape index (κ2) is 4.77. The molecule has 0 radical (unpaired) electrons. The monoisotopic (exact) mass is 326 g/mol. The average molecular weight is 326 g/mol. The van der Waals surface area contributed by atoms with Crippen LogP contribution in [0.15, 0.2) is 54.6 Å². The van der Waals surface area contributed by atoms with E-state index in [0.717, 1.165) is 21.5 Å². The predicted molar refractivity (Wildman–Crippen MR) is 92.8 cm³/mol. The first-order valence-electron chi connectivity index (χ1n) is 7.36. The molecule has 0 aliphatic heterocycles. The Balaban J connectivity index is 2.18. The summed E-state index contributed by atoms with van der Waals surface area (Å²) in [5.41, 5.74) is 9.97. The van der Waals surface area contributed by atoms with Crippen molar-refractivity contribution >= 4 is 43.7 Å². The van der Waals surface area contributed by atoms with Gasteiger partial charge in [-0.2, -0.15) is 13.2 Å². The Labute approximate surface area is 135 Å². The lowest BCUT2D eigenvalue weighted by Gasteiger charge is -2.16. The molecule has 4 aromatic carbocycles. The highest BCUT2D eigenvalue weighted by Crippen LogP contribution is 2.42. The number of nitrogens with two attached hydrogens (primary N) is 2. The largest absolute Gasteiger partial charge is 0.419 e. The van der Waals surface area contributed by atoms with E-state index in [1.54, 1.807) is 6.07 Å². The number of rotatable bonds is 0. The van der Waals surface area contributed by atoms with Gasteiger partial charge in [-0.15, -0.1) is 0 Å². The van der Waals surface area contributed by atoms with Crippen molar-refractivity contribution in [2.75, 3.05) is 11.5 Å². The maximum Gasteiger partial charge on any atom is 0.419 e. The Morgan fingerprint density at radius 1 is 0.667 bits per heavy atom. The van der Waals surface area contributed by atoms with Crippen LogP contribution in [-0.2, 0) is 6.18 Å². The molecule has 4 N–H and O–H groups in total. The van der Waals surface area contributed by atoms with Crippen LogP contribution in [0.3, 0.4) is 0 Å². The minimum Gasteiger partial charge on any atom is -0.397 e. The normalized spacial score (nSPS) is 12.3. The summed E-state index contributed by atoms with van der Waals surface area (Å²) >= 11 is 0. The molecule has 4 aromatic rings. The van der Waals surface area contributed by atoms with Gasteiger partial charge in [0.1, 0.15) is 0 Å². The van der Waals surface area contributed by atoms with Crippen molar-refractivity contribution in [3.05, 3.63) is 60.2 Å². The van der Waals surface area contributed by atoms with E-state index in [-0.39, 0.29) is 11.1 Å². The molecule has 0 bridgehead atoms. The van der Waals surface area contributed by atoms with Gasteiger partial charge in [-0.3, -0.25) is 0 Å². The van der Waals surface area contributed by atoms with Crippen molar-refractivity contribution < 1.29 is 13.2 Å². The van der Waals surface area contributed by atoms with Gasteiger partial charge < -0.3 is 11.5 Å². The quantitative estimate of drug-likeness (QED) is 0.339. The van der Waals surface area contributed by atoms with Crippen LogP contribution in [0, 0.1) is 0 Å². The van der Waals surface area contributed by atoms with Crippen LogP contribution in [0.4, 0.5) is 24.5 Å². The molecule has 2 nitrogen and oxygen atoms in total. The minimum absolute atomic E-state index is 0.0602. The van der Waals surface area contributed by atoms with E-state index in [9.17, 15) is 13.2 Å². The van der Waals surface area contributed by atoms with E-state index >= 15 is 0 Å². The molecule has 24 heavy (non-hydrogen) atoms. The Morgan fingerprint density at radius 3 is 1.79 bits per heavy atom. The molecule has 0 aliphatic carbocycles. The zero-order valence-electron chi connectivity index (χ0n) is 12.5. The number of hydrogen-bond donors (Lipinski definition) is 2. The zero-order chi connectivity index (χ0) is 17.1. The van der Waals surface area contributed by atoms with E-state index in [1.807, 2.05) is 36.4 Å². The molecule has 0 saturated heterocycles. The SMILES string of the molecule is Nc1cc2cc3cc4ccccc4cc3cc2c(C(F)(F)F)c1N. The first-order chi connectivity index (χ1) is 11.3. The molecule has 4 rings (SSSR count). The fourth-order valence-electron chi connectivity index (χ4n) is 3.19. The average Bonchev–Trinajstić information content (AvgIpc) is 2.51. The molecular formula is C19H13F3N2. The number of alkyl halides is 3. The Morgan fingerprint density at radius 2 is 1.21 bits per heavy atom. The molecule has 0 atom stereocenters. The van der Waals surface area contributed by atoms with E-state index in [1.165, 1.54) is 12.1 Å². The van der Waals surface area contributed by atoms with Gasteiger partial charge in [0, 0.05) is 0 Å². The van der Waals surface area contributed by atoms with Gasteiger partial charge in [-0.05, 0) is 62.6 Å². The molecule has 0 fully saturated rings. The summed E-state index contributed by atoms with van der Waals surface area (Å²) in [5, 5.41) is 4.09. The first-order valence-corrected chi connectivity index (χ1v) is 7.36. The van der Waals surface area contributed by atoms with Gasteiger partial charge in [-0.25, -0.2) is 0 Å². The third kappa shape index (κ3) is 2.12. The van der Waals surface area contributed by atoms with E-state index in [2.05, 4.69) is 0 Å². The third-order valence-electron chi connectivity index (χ3n) is 4.32. The van der Waals surface area contributed by atoms with Crippen LogP contribution in [0.1, 0.15) is 5.56 Å².